The number of carbonyl (C=O) groups is 1. The predicted octanol–water partition coefficient (Wildman–Crippen LogP) is 0.793. The third-order valence-corrected chi connectivity index (χ3v) is 3.24. The zero-order chi connectivity index (χ0) is 12.2. The standard InChI is InChI=1S/C10H9NO4S/c1-8-2-4-9(5-3-8)16(13,14)7-15-10(12)6-11/h2-5H,7H2,1H3. The summed E-state index contributed by atoms with van der Waals surface area (Å²) in [7, 11) is -3.68. The molecule has 0 bridgehead atoms. The first-order valence-corrected chi connectivity index (χ1v) is 5.97. The minimum atomic E-state index is -3.68. The summed E-state index contributed by atoms with van der Waals surface area (Å²) >= 11 is 0. The van der Waals surface area contributed by atoms with Gasteiger partial charge in [-0.3, -0.25) is 0 Å². The fourth-order valence-corrected chi connectivity index (χ4v) is 1.93. The molecule has 0 aliphatic carbocycles. The van der Waals surface area contributed by atoms with Gasteiger partial charge in [-0.2, -0.15) is 5.26 Å². The van der Waals surface area contributed by atoms with E-state index in [0.29, 0.717) is 0 Å². The molecule has 0 amide bonds. The zero-order valence-corrected chi connectivity index (χ0v) is 9.32. The molecule has 0 aliphatic rings. The highest BCUT2D eigenvalue weighted by Crippen LogP contribution is 2.12. The first-order chi connectivity index (χ1) is 7.45. The number of carbonyl (C=O) groups excluding carboxylic acids is 1. The molecule has 1 rings (SSSR count). The third-order valence-electron chi connectivity index (χ3n) is 1.82. The number of hydrogen-bond acceptors (Lipinski definition) is 5. The van der Waals surface area contributed by atoms with Crippen LogP contribution in [0.4, 0.5) is 0 Å². The number of esters is 1. The first kappa shape index (κ1) is 12.2. The molecule has 0 saturated heterocycles. The van der Waals surface area contributed by atoms with Crippen molar-refractivity contribution in [2.45, 2.75) is 11.8 Å². The van der Waals surface area contributed by atoms with Crippen molar-refractivity contribution < 1.29 is 17.9 Å². The Kier molecular flexibility index (Phi) is 3.64. The molecule has 1 aromatic carbocycles. The number of benzene rings is 1. The quantitative estimate of drug-likeness (QED) is 0.575. The highest BCUT2D eigenvalue weighted by Gasteiger charge is 2.16. The molecule has 0 fully saturated rings. The number of nitrogens with zero attached hydrogens (tertiary/aromatic N) is 1. The van der Waals surface area contributed by atoms with Crippen LogP contribution >= 0.6 is 0 Å². The number of ether oxygens (including phenoxy) is 1. The molecule has 6 heteroatoms. The number of hydrogen-bond donors (Lipinski definition) is 0. The summed E-state index contributed by atoms with van der Waals surface area (Å²) in [6, 6.07) is 7.29. The van der Waals surface area contributed by atoms with Crippen LogP contribution < -0.4 is 0 Å². The predicted molar refractivity (Wildman–Crippen MR) is 54.9 cm³/mol. The lowest BCUT2D eigenvalue weighted by Crippen LogP contribution is -2.13. The molecule has 5 nitrogen and oxygen atoms in total. The monoisotopic (exact) mass is 239 g/mol. The van der Waals surface area contributed by atoms with E-state index in [4.69, 9.17) is 5.26 Å². The Labute approximate surface area is 93.2 Å². The minimum Gasteiger partial charge on any atom is -0.438 e. The number of aryl methyl sites for hydroxylation is 1. The van der Waals surface area contributed by atoms with Crippen molar-refractivity contribution in [1.82, 2.24) is 0 Å². The molecule has 0 unspecified atom stereocenters. The van der Waals surface area contributed by atoms with E-state index in [1.165, 1.54) is 18.2 Å². The van der Waals surface area contributed by atoms with Crippen molar-refractivity contribution in [3.05, 3.63) is 29.8 Å². The molecule has 0 atom stereocenters. The molecule has 0 radical (unpaired) electrons. The normalized spacial score (nSPS) is 10.5. The number of rotatable bonds is 3. The van der Waals surface area contributed by atoms with Crippen LogP contribution in [0.15, 0.2) is 29.2 Å². The van der Waals surface area contributed by atoms with Crippen LogP contribution in [0.1, 0.15) is 5.56 Å². The highest BCUT2D eigenvalue weighted by molar-refractivity contribution is 7.91. The Morgan fingerprint density at radius 1 is 1.38 bits per heavy atom. The summed E-state index contributed by atoms with van der Waals surface area (Å²) in [5.41, 5.74) is 0.924. The number of nitriles is 1. The van der Waals surface area contributed by atoms with Gasteiger partial charge in [-0.05, 0) is 19.1 Å². The highest BCUT2D eigenvalue weighted by atomic mass is 32.2. The van der Waals surface area contributed by atoms with Gasteiger partial charge in [0.15, 0.2) is 12.0 Å². The topological polar surface area (TPSA) is 84.2 Å². The zero-order valence-electron chi connectivity index (χ0n) is 8.50. The molecule has 0 aromatic heterocycles. The second kappa shape index (κ2) is 4.77. The molecule has 16 heavy (non-hydrogen) atoms. The largest absolute Gasteiger partial charge is 0.438 e. The van der Waals surface area contributed by atoms with Gasteiger partial charge in [0.05, 0.1) is 4.90 Å². The Balaban J connectivity index is 2.83. The van der Waals surface area contributed by atoms with Gasteiger partial charge in [0.25, 0.3) is 0 Å². The van der Waals surface area contributed by atoms with Gasteiger partial charge in [0.1, 0.15) is 0 Å². The summed E-state index contributed by atoms with van der Waals surface area (Å²) in [4.78, 5) is 10.6. The summed E-state index contributed by atoms with van der Waals surface area (Å²) in [6.45, 7) is 1.83. The lowest BCUT2D eigenvalue weighted by atomic mass is 10.2. The summed E-state index contributed by atoms with van der Waals surface area (Å²) in [5, 5.41) is 8.12. The van der Waals surface area contributed by atoms with Crippen molar-refractivity contribution in [1.29, 1.82) is 5.26 Å². The van der Waals surface area contributed by atoms with E-state index >= 15 is 0 Å². The summed E-state index contributed by atoms with van der Waals surface area (Å²) < 4.78 is 27.4. The van der Waals surface area contributed by atoms with Crippen molar-refractivity contribution in [3.63, 3.8) is 0 Å². The van der Waals surface area contributed by atoms with Crippen molar-refractivity contribution in [2.75, 3.05) is 5.94 Å². The first-order valence-electron chi connectivity index (χ1n) is 4.32. The van der Waals surface area contributed by atoms with E-state index < -0.39 is 21.7 Å². The third kappa shape index (κ3) is 3.07. The lowest BCUT2D eigenvalue weighted by molar-refractivity contribution is -0.134. The van der Waals surface area contributed by atoms with Gasteiger partial charge in [-0.25, -0.2) is 13.2 Å². The van der Waals surface area contributed by atoms with Crippen LogP contribution in [-0.4, -0.2) is 20.3 Å². The van der Waals surface area contributed by atoms with Gasteiger partial charge in [-0.15, -0.1) is 0 Å². The van der Waals surface area contributed by atoms with Gasteiger partial charge in [0, 0.05) is 0 Å². The SMILES string of the molecule is Cc1ccc(S(=O)(=O)COC(=O)C#N)cc1. The molecular weight excluding hydrogens is 230 g/mol. The lowest BCUT2D eigenvalue weighted by Gasteiger charge is -2.03. The van der Waals surface area contributed by atoms with Crippen molar-refractivity contribution in [3.8, 4) is 6.07 Å². The van der Waals surface area contributed by atoms with Crippen LogP contribution in [-0.2, 0) is 19.4 Å². The fourth-order valence-electron chi connectivity index (χ4n) is 0.977. The van der Waals surface area contributed by atoms with Crippen LogP contribution in [0.25, 0.3) is 0 Å². The maximum absolute atomic E-state index is 11.6. The molecule has 0 saturated carbocycles. The van der Waals surface area contributed by atoms with E-state index in [1.807, 2.05) is 6.92 Å². The maximum Gasteiger partial charge on any atom is 0.412 e. The molecule has 0 N–H and O–H groups in total. The van der Waals surface area contributed by atoms with E-state index in [2.05, 4.69) is 4.74 Å². The molecule has 0 spiro atoms. The molecule has 1 aromatic rings. The number of sulfone groups is 1. The Morgan fingerprint density at radius 2 is 1.94 bits per heavy atom. The maximum atomic E-state index is 11.6. The second-order valence-corrected chi connectivity index (χ2v) is 5.03. The van der Waals surface area contributed by atoms with Crippen LogP contribution in [0, 0.1) is 18.3 Å². The van der Waals surface area contributed by atoms with E-state index in [0.717, 1.165) is 5.56 Å². The Bertz CT molecular complexity index is 525. The molecule has 0 heterocycles. The van der Waals surface area contributed by atoms with Crippen LogP contribution in [0.3, 0.4) is 0 Å². The molecular formula is C10H9NO4S. The smallest absolute Gasteiger partial charge is 0.412 e. The van der Waals surface area contributed by atoms with Gasteiger partial charge >= 0.3 is 5.97 Å². The van der Waals surface area contributed by atoms with Gasteiger partial charge < -0.3 is 4.74 Å². The van der Waals surface area contributed by atoms with Crippen molar-refractivity contribution in [2.24, 2.45) is 0 Å². The van der Waals surface area contributed by atoms with E-state index in [-0.39, 0.29) is 4.90 Å². The average molecular weight is 239 g/mol. The van der Waals surface area contributed by atoms with E-state index in [9.17, 15) is 13.2 Å². The molecule has 0 aliphatic heterocycles. The summed E-state index contributed by atoms with van der Waals surface area (Å²) in [6.07, 6.45) is 0. The average Bonchev–Trinajstić information content (AvgIpc) is 2.26. The summed E-state index contributed by atoms with van der Waals surface area (Å²) in [5.74, 6) is -2.03. The molecule has 84 valence electrons. The fraction of sp³-hybridized carbons (Fsp3) is 0.200. The van der Waals surface area contributed by atoms with Crippen LogP contribution in [0.5, 0.6) is 0 Å². The Hall–Kier alpha value is -1.87. The van der Waals surface area contributed by atoms with Crippen molar-refractivity contribution >= 4 is 15.8 Å². The van der Waals surface area contributed by atoms with E-state index in [1.54, 1.807) is 12.1 Å². The minimum absolute atomic E-state index is 0.0591. The van der Waals surface area contributed by atoms with Crippen LogP contribution in [0.2, 0.25) is 0 Å². The van der Waals surface area contributed by atoms with Gasteiger partial charge in [0.2, 0.25) is 9.84 Å². The van der Waals surface area contributed by atoms with Gasteiger partial charge in [-0.1, -0.05) is 17.7 Å². The second-order valence-electron chi connectivity index (χ2n) is 3.09. The Morgan fingerprint density at radius 3 is 2.44 bits per heavy atom.